The lowest BCUT2D eigenvalue weighted by Gasteiger charge is -2.12. The summed E-state index contributed by atoms with van der Waals surface area (Å²) in [6, 6.07) is 15.8. The highest BCUT2D eigenvalue weighted by Crippen LogP contribution is 2.35. The lowest BCUT2D eigenvalue weighted by atomic mass is 9.98. The molecule has 0 fully saturated rings. The van der Waals surface area contributed by atoms with Gasteiger partial charge in [0.25, 0.3) is 0 Å². The van der Waals surface area contributed by atoms with Crippen molar-refractivity contribution in [3.63, 3.8) is 0 Å². The van der Waals surface area contributed by atoms with Gasteiger partial charge in [0.1, 0.15) is 5.82 Å². The smallest absolute Gasteiger partial charge is 0.142 e. The number of nitrogens with two attached hydrogens (primary N) is 1. The van der Waals surface area contributed by atoms with Gasteiger partial charge in [-0.1, -0.05) is 35.9 Å². The normalized spacial score (nSPS) is 11.2. The summed E-state index contributed by atoms with van der Waals surface area (Å²) in [6.07, 6.45) is 3.57. The van der Waals surface area contributed by atoms with E-state index in [0.717, 1.165) is 39.1 Å². The summed E-state index contributed by atoms with van der Waals surface area (Å²) in [6.45, 7) is 0.407. The molecule has 2 heterocycles. The molecule has 0 saturated carbocycles. The molecule has 124 valence electrons. The van der Waals surface area contributed by atoms with Crippen LogP contribution in [0.1, 0.15) is 5.56 Å². The minimum atomic E-state index is 0.407. The van der Waals surface area contributed by atoms with Crippen LogP contribution in [-0.2, 0) is 13.6 Å². The van der Waals surface area contributed by atoms with Gasteiger partial charge in [-0.15, -0.1) is 0 Å². The molecule has 2 aromatic heterocycles. The highest BCUT2D eigenvalue weighted by Gasteiger charge is 2.17. The molecular formula is C20H17ClN4. The van der Waals surface area contributed by atoms with Gasteiger partial charge in [-0.25, -0.2) is 4.98 Å². The molecule has 2 N–H and O–H groups in total. The number of halogens is 1. The second-order valence-electron chi connectivity index (χ2n) is 5.88. The second kappa shape index (κ2) is 6.31. The van der Waals surface area contributed by atoms with Crippen molar-refractivity contribution < 1.29 is 0 Å². The number of hydrogen-bond donors (Lipinski definition) is 1. The van der Waals surface area contributed by atoms with Crippen molar-refractivity contribution in [2.45, 2.75) is 6.54 Å². The third-order valence-corrected chi connectivity index (χ3v) is 4.76. The molecule has 0 aliphatic rings. The van der Waals surface area contributed by atoms with Crippen LogP contribution in [0.3, 0.4) is 0 Å². The molecule has 4 aromatic rings. The third kappa shape index (κ3) is 2.60. The summed E-state index contributed by atoms with van der Waals surface area (Å²) in [4.78, 5) is 8.98. The summed E-state index contributed by atoms with van der Waals surface area (Å²) in [5.74, 6) is 0.870. The van der Waals surface area contributed by atoms with Gasteiger partial charge in [0.05, 0.1) is 11.0 Å². The van der Waals surface area contributed by atoms with Crippen molar-refractivity contribution >= 4 is 22.6 Å². The quantitative estimate of drug-likeness (QED) is 0.596. The molecule has 0 amide bonds. The SMILES string of the molecule is Cn1c(-c2cccnc2)nc2ccc(-c3ccccc3Cl)c(CN)c21. The van der Waals surface area contributed by atoms with Crippen LogP contribution in [-0.4, -0.2) is 14.5 Å². The van der Waals surface area contributed by atoms with Gasteiger partial charge in [-0.05, 0) is 35.4 Å². The van der Waals surface area contributed by atoms with E-state index < -0.39 is 0 Å². The predicted molar refractivity (Wildman–Crippen MR) is 102 cm³/mol. The fraction of sp³-hybridized carbons (Fsp3) is 0.100. The van der Waals surface area contributed by atoms with Crippen molar-refractivity contribution in [3.8, 4) is 22.5 Å². The number of imidazole rings is 1. The van der Waals surface area contributed by atoms with Crippen LogP contribution in [0.2, 0.25) is 5.02 Å². The number of pyridine rings is 1. The van der Waals surface area contributed by atoms with E-state index in [1.807, 2.05) is 61.8 Å². The summed E-state index contributed by atoms with van der Waals surface area (Å²) in [7, 11) is 2.01. The van der Waals surface area contributed by atoms with Gasteiger partial charge < -0.3 is 10.3 Å². The Balaban J connectivity index is 2.01. The molecule has 0 radical (unpaired) electrons. The van der Waals surface area contributed by atoms with Gasteiger partial charge in [-0.2, -0.15) is 0 Å². The topological polar surface area (TPSA) is 56.7 Å². The molecule has 5 heteroatoms. The zero-order valence-corrected chi connectivity index (χ0v) is 14.5. The fourth-order valence-electron chi connectivity index (χ4n) is 3.28. The Kier molecular flexibility index (Phi) is 3.99. The summed E-state index contributed by atoms with van der Waals surface area (Å²) in [5, 5.41) is 0.714. The first-order valence-electron chi connectivity index (χ1n) is 8.04. The number of hydrogen-bond acceptors (Lipinski definition) is 3. The van der Waals surface area contributed by atoms with E-state index in [-0.39, 0.29) is 0 Å². The zero-order chi connectivity index (χ0) is 17.4. The van der Waals surface area contributed by atoms with Crippen molar-refractivity contribution in [2.24, 2.45) is 12.8 Å². The number of benzene rings is 2. The van der Waals surface area contributed by atoms with E-state index >= 15 is 0 Å². The zero-order valence-electron chi connectivity index (χ0n) is 13.8. The van der Waals surface area contributed by atoms with Crippen LogP contribution >= 0.6 is 11.6 Å². The maximum absolute atomic E-state index is 6.41. The first kappa shape index (κ1) is 15.8. The van der Waals surface area contributed by atoms with Gasteiger partial charge in [0.2, 0.25) is 0 Å². The lowest BCUT2D eigenvalue weighted by molar-refractivity contribution is 0.942. The average Bonchev–Trinajstić information content (AvgIpc) is 2.99. The Hall–Kier alpha value is -2.69. The Bertz CT molecular complexity index is 1050. The highest BCUT2D eigenvalue weighted by atomic mass is 35.5. The lowest BCUT2D eigenvalue weighted by Crippen LogP contribution is -2.03. The first-order valence-corrected chi connectivity index (χ1v) is 8.42. The van der Waals surface area contributed by atoms with Gasteiger partial charge >= 0.3 is 0 Å². The van der Waals surface area contributed by atoms with E-state index in [2.05, 4.69) is 9.55 Å². The Labute approximate surface area is 150 Å². The standard InChI is InChI=1S/C20H17ClN4/c1-25-19-16(11-22)14(15-6-2-3-7-17(15)21)8-9-18(19)24-20(25)13-5-4-10-23-12-13/h2-10,12H,11,22H2,1H3. The van der Waals surface area contributed by atoms with Gasteiger partial charge in [0, 0.05) is 42.1 Å². The summed E-state index contributed by atoms with van der Waals surface area (Å²) in [5.41, 5.74) is 12.1. The molecule has 4 nitrogen and oxygen atoms in total. The molecule has 4 rings (SSSR count). The number of fused-ring (bicyclic) bond motifs is 1. The van der Waals surface area contributed by atoms with Crippen LogP contribution in [0.15, 0.2) is 60.9 Å². The third-order valence-electron chi connectivity index (χ3n) is 4.43. The Morgan fingerprint density at radius 3 is 2.60 bits per heavy atom. The van der Waals surface area contributed by atoms with Crippen molar-refractivity contribution in [3.05, 3.63) is 71.5 Å². The number of aromatic nitrogens is 3. The molecule has 0 aliphatic carbocycles. The minimum absolute atomic E-state index is 0.407. The fourth-order valence-corrected chi connectivity index (χ4v) is 3.51. The van der Waals surface area contributed by atoms with E-state index in [4.69, 9.17) is 22.3 Å². The maximum atomic E-state index is 6.41. The number of aryl methyl sites for hydroxylation is 1. The van der Waals surface area contributed by atoms with Crippen LogP contribution in [0.4, 0.5) is 0 Å². The van der Waals surface area contributed by atoms with Crippen molar-refractivity contribution in [2.75, 3.05) is 0 Å². The predicted octanol–water partition coefficient (Wildman–Crippen LogP) is 4.41. The molecule has 0 aliphatic heterocycles. The molecule has 0 bridgehead atoms. The highest BCUT2D eigenvalue weighted by molar-refractivity contribution is 6.33. The molecule has 25 heavy (non-hydrogen) atoms. The van der Waals surface area contributed by atoms with Gasteiger partial charge in [0.15, 0.2) is 0 Å². The van der Waals surface area contributed by atoms with E-state index in [9.17, 15) is 0 Å². The maximum Gasteiger partial charge on any atom is 0.142 e. The minimum Gasteiger partial charge on any atom is -0.327 e. The molecular weight excluding hydrogens is 332 g/mol. The van der Waals surface area contributed by atoms with Crippen LogP contribution in [0, 0.1) is 0 Å². The van der Waals surface area contributed by atoms with Crippen molar-refractivity contribution in [1.82, 2.24) is 14.5 Å². The van der Waals surface area contributed by atoms with E-state index in [1.165, 1.54) is 0 Å². The Morgan fingerprint density at radius 1 is 1.04 bits per heavy atom. The largest absolute Gasteiger partial charge is 0.327 e. The monoisotopic (exact) mass is 348 g/mol. The molecule has 0 unspecified atom stereocenters. The van der Waals surface area contributed by atoms with Crippen LogP contribution in [0.25, 0.3) is 33.5 Å². The molecule has 2 aromatic carbocycles. The molecule has 0 atom stereocenters. The molecule has 0 saturated heterocycles. The van der Waals surface area contributed by atoms with E-state index in [1.54, 1.807) is 6.20 Å². The first-order chi connectivity index (χ1) is 12.2. The summed E-state index contributed by atoms with van der Waals surface area (Å²) >= 11 is 6.41. The molecule has 0 spiro atoms. The number of nitrogens with zero attached hydrogens (tertiary/aromatic N) is 3. The van der Waals surface area contributed by atoms with Crippen molar-refractivity contribution in [1.29, 1.82) is 0 Å². The number of rotatable bonds is 3. The van der Waals surface area contributed by atoms with E-state index in [0.29, 0.717) is 11.6 Å². The second-order valence-corrected chi connectivity index (χ2v) is 6.29. The Morgan fingerprint density at radius 2 is 1.88 bits per heavy atom. The van der Waals surface area contributed by atoms with Crippen LogP contribution < -0.4 is 5.73 Å². The average molecular weight is 349 g/mol. The van der Waals surface area contributed by atoms with Crippen LogP contribution in [0.5, 0.6) is 0 Å². The van der Waals surface area contributed by atoms with Gasteiger partial charge in [-0.3, -0.25) is 4.98 Å². The summed E-state index contributed by atoms with van der Waals surface area (Å²) < 4.78 is 2.08.